The van der Waals surface area contributed by atoms with Gasteiger partial charge in [-0.2, -0.15) is 5.10 Å². The van der Waals surface area contributed by atoms with Crippen LogP contribution in [0.5, 0.6) is 11.5 Å². The Morgan fingerprint density at radius 1 is 0.769 bits per heavy atom. The van der Waals surface area contributed by atoms with Crippen LogP contribution in [0.3, 0.4) is 0 Å². The Bertz CT molecular complexity index is 1030. The van der Waals surface area contributed by atoms with Gasteiger partial charge in [0.05, 0.1) is 22.6 Å². The summed E-state index contributed by atoms with van der Waals surface area (Å²) >= 11 is 12.4. The van der Waals surface area contributed by atoms with Crippen LogP contribution in [0, 0.1) is 0 Å². The normalized spacial score (nSPS) is 10.7. The van der Waals surface area contributed by atoms with E-state index in [1.165, 1.54) is 0 Å². The number of nitrogens with zero attached hydrogens (tertiary/aromatic N) is 2. The number of para-hydroxylation sites is 1. The summed E-state index contributed by atoms with van der Waals surface area (Å²) in [4.78, 5) is 0. The summed E-state index contributed by atoms with van der Waals surface area (Å²) in [6.07, 6.45) is 1.76. The number of hydrogen-bond donors (Lipinski definition) is 0. The molecule has 26 heavy (non-hydrogen) atoms. The molecule has 0 aliphatic rings. The van der Waals surface area contributed by atoms with Gasteiger partial charge in [-0.05, 0) is 54.6 Å². The molecule has 4 aromatic rings. The van der Waals surface area contributed by atoms with Gasteiger partial charge in [-0.15, -0.1) is 0 Å². The Balaban J connectivity index is 1.65. The highest BCUT2D eigenvalue weighted by atomic mass is 35.5. The Morgan fingerprint density at radius 2 is 1.50 bits per heavy atom. The maximum absolute atomic E-state index is 6.53. The highest BCUT2D eigenvalue weighted by molar-refractivity contribution is 6.33. The van der Waals surface area contributed by atoms with Crippen LogP contribution in [-0.2, 0) is 0 Å². The fourth-order valence-electron chi connectivity index (χ4n) is 2.69. The first kappa shape index (κ1) is 16.7. The minimum absolute atomic E-state index is 0.592. The molecule has 0 spiro atoms. The first-order valence-corrected chi connectivity index (χ1v) is 8.79. The van der Waals surface area contributed by atoms with Crippen molar-refractivity contribution in [2.75, 3.05) is 0 Å². The summed E-state index contributed by atoms with van der Waals surface area (Å²) in [5.74, 6) is 1.36. The summed E-state index contributed by atoms with van der Waals surface area (Å²) in [7, 11) is 0. The molecule has 0 saturated heterocycles. The molecule has 1 heterocycles. The number of hydrogen-bond acceptors (Lipinski definition) is 2. The fraction of sp³-hybridized carbons (Fsp3) is 0. The molecule has 0 unspecified atom stereocenters. The van der Waals surface area contributed by atoms with E-state index >= 15 is 0 Å². The van der Waals surface area contributed by atoms with Gasteiger partial charge >= 0.3 is 0 Å². The highest BCUT2D eigenvalue weighted by Gasteiger charge is 2.12. The Labute approximate surface area is 161 Å². The zero-order valence-corrected chi connectivity index (χ0v) is 15.2. The second kappa shape index (κ2) is 7.24. The van der Waals surface area contributed by atoms with Crippen LogP contribution >= 0.6 is 23.2 Å². The van der Waals surface area contributed by atoms with Gasteiger partial charge < -0.3 is 4.74 Å². The van der Waals surface area contributed by atoms with Gasteiger partial charge in [0.15, 0.2) is 0 Å². The average molecular weight is 381 g/mol. The molecule has 4 rings (SSSR count). The van der Waals surface area contributed by atoms with Crippen LogP contribution in [0.15, 0.2) is 85.1 Å². The summed E-state index contributed by atoms with van der Waals surface area (Å²) in [5, 5.41) is 5.67. The zero-order chi connectivity index (χ0) is 17.9. The predicted octanol–water partition coefficient (Wildman–Crippen LogP) is 6.64. The average Bonchev–Trinajstić information content (AvgIpc) is 3.14. The van der Waals surface area contributed by atoms with Gasteiger partial charge in [-0.1, -0.05) is 41.4 Å². The topological polar surface area (TPSA) is 27.1 Å². The van der Waals surface area contributed by atoms with Crippen LogP contribution < -0.4 is 4.74 Å². The first-order chi connectivity index (χ1) is 12.7. The lowest BCUT2D eigenvalue weighted by atomic mass is 10.1. The lowest BCUT2D eigenvalue weighted by Crippen LogP contribution is -1.98. The van der Waals surface area contributed by atoms with E-state index in [0.29, 0.717) is 21.5 Å². The van der Waals surface area contributed by atoms with Crippen molar-refractivity contribution in [2.24, 2.45) is 0 Å². The van der Waals surface area contributed by atoms with Gasteiger partial charge in [0.25, 0.3) is 0 Å². The zero-order valence-electron chi connectivity index (χ0n) is 13.6. The number of ether oxygens (including phenoxy) is 1. The molecule has 0 amide bonds. The quantitative estimate of drug-likeness (QED) is 0.396. The predicted molar refractivity (Wildman–Crippen MR) is 106 cm³/mol. The SMILES string of the molecule is Clc1ccc(Oc2ccc(-c3ccnn3-c3ccccc3)c(Cl)c2)cc1. The van der Waals surface area contributed by atoms with E-state index in [1.807, 2.05) is 65.3 Å². The standard InChI is InChI=1S/C21H14Cl2N2O/c22-15-6-8-17(9-7-15)26-18-10-11-19(20(23)14-18)21-12-13-24-25(21)16-4-2-1-3-5-16/h1-14H. The third kappa shape index (κ3) is 3.45. The number of rotatable bonds is 4. The number of halogens is 2. The molecule has 5 heteroatoms. The van der Waals surface area contributed by atoms with Crippen molar-refractivity contribution in [3.8, 4) is 28.4 Å². The number of aromatic nitrogens is 2. The second-order valence-electron chi connectivity index (χ2n) is 5.66. The van der Waals surface area contributed by atoms with Crippen molar-refractivity contribution in [2.45, 2.75) is 0 Å². The van der Waals surface area contributed by atoms with Gasteiger partial charge in [-0.25, -0.2) is 4.68 Å². The lowest BCUT2D eigenvalue weighted by molar-refractivity contribution is 0.483. The third-order valence-corrected chi connectivity index (χ3v) is 4.47. The lowest BCUT2D eigenvalue weighted by Gasteiger charge is -2.11. The van der Waals surface area contributed by atoms with Crippen LogP contribution in [0.25, 0.3) is 16.9 Å². The smallest absolute Gasteiger partial charge is 0.128 e. The van der Waals surface area contributed by atoms with E-state index in [1.54, 1.807) is 24.4 Å². The summed E-state index contributed by atoms with van der Waals surface area (Å²) < 4.78 is 7.70. The molecular formula is C21H14Cl2N2O. The molecule has 3 aromatic carbocycles. The maximum atomic E-state index is 6.53. The molecule has 128 valence electrons. The third-order valence-electron chi connectivity index (χ3n) is 3.91. The molecule has 0 radical (unpaired) electrons. The maximum Gasteiger partial charge on any atom is 0.128 e. The van der Waals surface area contributed by atoms with E-state index < -0.39 is 0 Å². The monoisotopic (exact) mass is 380 g/mol. The number of benzene rings is 3. The molecule has 0 fully saturated rings. The van der Waals surface area contributed by atoms with Crippen molar-refractivity contribution in [3.05, 3.63) is 95.1 Å². The van der Waals surface area contributed by atoms with Crippen molar-refractivity contribution < 1.29 is 4.74 Å². The molecule has 1 aromatic heterocycles. The van der Waals surface area contributed by atoms with Crippen LogP contribution in [0.2, 0.25) is 10.0 Å². The van der Waals surface area contributed by atoms with Gasteiger partial charge in [0.2, 0.25) is 0 Å². The molecule has 0 aliphatic carbocycles. The Morgan fingerprint density at radius 3 is 2.23 bits per heavy atom. The molecular weight excluding hydrogens is 367 g/mol. The molecule has 0 atom stereocenters. The largest absolute Gasteiger partial charge is 0.457 e. The second-order valence-corrected chi connectivity index (χ2v) is 6.51. The molecule has 0 saturated carbocycles. The summed E-state index contributed by atoms with van der Waals surface area (Å²) in [6, 6.07) is 24.7. The minimum atomic E-state index is 0.592. The van der Waals surface area contributed by atoms with Crippen molar-refractivity contribution >= 4 is 23.2 Å². The summed E-state index contributed by atoms with van der Waals surface area (Å²) in [5.41, 5.74) is 2.78. The van der Waals surface area contributed by atoms with Crippen molar-refractivity contribution in [1.82, 2.24) is 9.78 Å². The van der Waals surface area contributed by atoms with Crippen LogP contribution in [0.4, 0.5) is 0 Å². The molecule has 3 nitrogen and oxygen atoms in total. The fourth-order valence-corrected chi connectivity index (χ4v) is 3.08. The highest BCUT2D eigenvalue weighted by Crippen LogP contribution is 2.34. The van der Waals surface area contributed by atoms with Gasteiger partial charge in [0.1, 0.15) is 11.5 Å². The van der Waals surface area contributed by atoms with E-state index in [9.17, 15) is 0 Å². The minimum Gasteiger partial charge on any atom is -0.457 e. The van der Waals surface area contributed by atoms with Crippen molar-refractivity contribution in [3.63, 3.8) is 0 Å². The Hall–Kier alpha value is -2.75. The summed E-state index contributed by atoms with van der Waals surface area (Å²) in [6.45, 7) is 0. The van der Waals surface area contributed by atoms with Crippen molar-refractivity contribution in [1.29, 1.82) is 0 Å². The van der Waals surface area contributed by atoms with Gasteiger partial charge in [0, 0.05) is 16.7 Å². The van der Waals surface area contributed by atoms with Gasteiger partial charge in [-0.3, -0.25) is 0 Å². The first-order valence-electron chi connectivity index (χ1n) is 8.03. The van der Waals surface area contributed by atoms with Crippen LogP contribution in [-0.4, -0.2) is 9.78 Å². The van der Waals surface area contributed by atoms with E-state index in [-0.39, 0.29) is 0 Å². The molecule has 0 N–H and O–H groups in total. The van der Waals surface area contributed by atoms with E-state index in [0.717, 1.165) is 16.9 Å². The van der Waals surface area contributed by atoms with Crippen LogP contribution in [0.1, 0.15) is 0 Å². The van der Waals surface area contributed by atoms with E-state index in [4.69, 9.17) is 27.9 Å². The Kier molecular flexibility index (Phi) is 4.65. The van der Waals surface area contributed by atoms with E-state index in [2.05, 4.69) is 5.10 Å². The molecule has 0 bridgehead atoms. The molecule has 0 aliphatic heterocycles.